The minimum Gasteiger partial charge on any atom is -0.503 e. The van der Waals surface area contributed by atoms with Gasteiger partial charge in [0.25, 0.3) is 0 Å². The number of aromatic hydroxyl groups is 1. The Kier molecular flexibility index (Phi) is 5.64. The maximum absolute atomic E-state index is 12.0. The highest BCUT2D eigenvalue weighted by atomic mass is 16.3. The molecule has 1 aromatic rings. The van der Waals surface area contributed by atoms with E-state index in [4.69, 9.17) is 0 Å². The maximum Gasteiger partial charge on any atom is 0.223 e. The average molecular weight is 307 g/mol. The van der Waals surface area contributed by atoms with Crippen LogP contribution in [0.2, 0.25) is 0 Å². The van der Waals surface area contributed by atoms with Crippen LogP contribution < -0.4 is 5.43 Å². The lowest BCUT2D eigenvalue weighted by atomic mass is 10.00. The number of aromatic nitrogens is 1. The van der Waals surface area contributed by atoms with Crippen LogP contribution in [0.5, 0.6) is 5.75 Å². The fraction of sp³-hybridized carbons (Fsp3) is 0.706. The van der Waals surface area contributed by atoms with Crippen molar-refractivity contribution in [1.82, 2.24) is 14.4 Å². The van der Waals surface area contributed by atoms with Crippen LogP contribution in [0.3, 0.4) is 0 Å². The minimum atomic E-state index is -0.265. The van der Waals surface area contributed by atoms with Crippen molar-refractivity contribution in [1.29, 1.82) is 0 Å². The van der Waals surface area contributed by atoms with E-state index in [0.717, 1.165) is 37.6 Å². The van der Waals surface area contributed by atoms with Crippen molar-refractivity contribution in [2.24, 2.45) is 5.92 Å². The van der Waals surface area contributed by atoms with Gasteiger partial charge in [-0.1, -0.05) is 6.92 Å². The lowest BCUT2D eigenvalue weighted by molar-refractivity contribution is 0.170. The lowest BCUT2D eigenvalue weighted by Gasteiger charge is -2.32. The van der Waals surface area contributed by atoms with E-state index in [1.54, 1.807) is 0 Å². The summed E-state index contributed by atoms with van der Waals surface area (Å²) in [4.78, 5) is 16.4. The molecule has 0 aliphatic carbocycles. The molecule has 1 N–H and O–H groups in total. The molecule has 124 valence electrons. The number of likely N-dealkylation sites (tertiary alicyclic amines) is 1. The Morgan fingerprint density at radius 2 is 2.14 bits per heavy atom. The first-order chi connectivity index (χ1) is 10.4. The minimum absolute atomic E-state index is 0.0809. The summed E-state index contributed by atoms with van der Waals surface area (Å²) in [5.41, 5.74) is 1.42. The Hall–Kier alpha value is -1.33. The van der Waals surface area contributed by atoms with Crippen molar-refractivity contribution in [2.75, 3.05) is 33.7 Å². The predicted octanol–water partition coefficient (Wildman–Crippen LogP) is 1.66. The molecule has 1 fully saturated rings. The van der Waals surface area contributed by atoms with E-state index in [2.05, 4.69) is 21.3 Å². The molecular weight excluding hydrogens is 278 g/mol. The van der Waals surface area contributed by atoms with Crippen molar-refractivity contribution < 1.29 is 5.11 Å². The summed E-state index contributed by atoms with van der Waals surface area (Å²) in [6.07, 6.45) is 2.46. The Morgan fingerprint density at radius 1 is 1.41 bits per heavy atom. The van der Waals surface area contributed by atoms with E-state index < -0.39 is 0 Å². The zero-order valence-electron chi connectivity index (χ0n) is 14.3. The SMILES string of the molecule is Cc1cc(=O)c(O)c(CN2CCCC(C)C2)n1CCN(C)C. The summed E-state index contributed by atoms with van der Waals surface area (Å²) in [6, 6.07) is 1.54. The number of hydrogen-bond donors (Lipinski definition) is 1. The molecule has 1 aliphatic heterocycles. The second-order valence-electron chi connectivity index (χ2n) is 6.88. The molecule has 2 heterocycles. The normalized spacial score (nSPS) is 19.8. The molecule has 1 atom stereocenters. The summed E-state index contributed by atoms with van der Waals surface area (Å²) in [6.45, 7) is 8.60. The van der Waals surface area contributed by atoms with E-state index in [1.807, 2.05) is 21.0 Å². The zero-order valence-corrected chi connectivity index (χ0v) is 14.3. The molecule has 1 aliphatic rings. The van der Waals surface area contributed by atoms with Gasteiger partial charge in [0.05, 0.1) is 5.69 Å². The topological polar surface area (TPSA) is 48.7 Å². The van der Waals surface area contributed by atoms with Gasteiger partial charge in [0, 0.05) is 37.9 Å². The maximum atomic E-state index is 12.0. The molecule has 2 rings (SSSR count). The molecule has 1 saturated heterocycles. The summed E-state index contributed by atoms with van der Waals surface area (Å²) < 4.78 is 2.09. The molecule has 0 radical (unpaired) electrons. The standard InChI is InChI=1S/C17H29N3O2/c1-13-6-5-7-19(11-13)12-15-17(22)16(21)10-14(2)20(15)9-8-18(3)4/h10,13,22H,5-9,11-12H2,1-4H3. The summed E-state index contributed by atoms with van der Waals surface area (Å²) in [7, 11) is 4.06. The first-order valence-electron chi connectivity index (χ1n) is 8.18. The lowest BCUT2D eigenvalue weighted by Crippen LogP contribution is -2.35. The van der Waals surface area contributed by atoms with Crippen LogP contribution in [0.1, 0.15) is 31.2 Å². The number of piperidine rings is 1. The molecule has 1 unspecified atom stereocenters. The molecule has 22 heavy (non-hydrogen) atoms. The van der Waals surface area contributed by atoms with Crippen molar-refractivity contribution in [3.63, 3.8) is 0 Å². The molecule has 0 bridgehead atoms. The van der Waals surface area contributed by atoms with Gasteiger partial charge in [-0.05, 0) is 46.3 Å². The second-order valence-corrected chi connectivity index (χ2v) is 6.88. The Balaban J connectivity index is 2.28. The number of pyridine rings is 1. The van der Waals surface area contributed by atoms with Gasteiger partial charge in [-0.25, -0.2) is 0 Å². The van der Waals surface area contributed by atoms with Gasteiger partial charge in [0.15, 0.2) is 5.75 Å². The van der Waals surface area contributed by atoms with Gasteiger partial charge < -0.3 is 14.6 Å². The number of nitrogens with zero attached hydrogens (tertiary/aromatic N) is 3. The van der Waals surface area contributed by atoms with Crippen molar-refractivity contribution in [3.05, 3.63) is 27.7 Å². The van der Waals surface area contributed by atoms with Crippen LogP contribution >= 0.6 is 0 Å². The summed E-state index contributed by atoms with van der Waals surface area (Å²) >= 11 is 0. The van der Waals surface area contributed by atoms with E-state index in [0.29, 0.717) is 12.5 Å². The van der Waals surface area contributed by atoms with E-state index >= 15 is 0 Å². The van der Waals surface area contributed by atoms with Gasteiger partial charge in [-0.2, -0.15) is 0 Å². The molecule has 5 nitrogen and oxygen atoms in total. The number of likely N-dealkylation sites (N-methyl/N-ethyl adjacent to an activating group) is 1. The highest BCUT2D eigenvalue weighted by Crippen LogP contribution is 2.21. The predicted molar refractivity (Wildman–Crippen MR) is 89.3 cm³/mol. The molecule has 0 aromatic carbocycles. The number of hydrogen-bond acceptors (Lipinski definition) is 4. The molecule has 0 amide bonds. The average Bonchev–Trinajstić information content (AvgIpc) is 2.43. The fourth-order valence-corrected chi connectivity index (χ4v) is 3.23. The van der Waals surface area contributed by atoms with Crippen molar-refractivity contribution >= 4 is 0 Å². The fourth-order valence-electron chi connectivity index (χ4n) is 3.23. The van der Waals surface area contributed by atoms with Gasteiger partial charge >= 0.3 is 0 Å². The second kappa shape index (κ2) is 7.29. The van der Waals surface area contributed by atoms with E-state index in [1.165, 1.54) is 18.9 Å². The van der Waals surface area contributed by atoms with Gasteiger partial charge in [-0.3, -0.25) is 9.69 Å². The molecular formula is C17H29N3O2. The summed E-state index contributed by atoms with van der Waals surface area (Å²) in [5, 5.41) is 10.3. The third kappa shape index (κ3) is 4.11. The largest absolute Gasteiger partial charge is 0.503 e. The Morgan fingerprint density at radius 3 is 2.77 bits per heavy atom. The quantitative estimate of drug-likeness (QED) is 0.899. The van der Waals surface area contributed by atoms with Crippen LogP contribution in [-0.2, 0) is 13.1 Å². The van der Waals surface area contributed by atoms with Crippen LogP contribution in [-0.4, -0.2) is 53.2 Å². The first kappa shape index (κ1) is 17.0. The van der Waals surface area contributed by atoms with Gasteiger partial charge in [-0.15, -0.1) is 0 Å². The van der Waals surface area contributed by atoms with Crippen LogP contribution in [0.15, 0.2) is 10.9 Å². The monoisotopic (exact) mass is 307 g/mol. The van der Waals surface area contributed by atoms with Crippen LogP contribution in [0.25, 0.3) is 0 Å². The smallest absolute Gasteiger partial charge is 0.223 e. The van der Waals surface area contributed by atoms with Crippen LogP contribution in [0.4, 0.5) is 0 Å². The number of aryl methyl sites for hydroxylation is 1. The van der Waals surface area contributed by atoms with Crippen molar-refractivity contribution in [2.45, 2.75) is 39.8 Å². The zero-order chi connectivity index (χ0) is 16.3. The van der Waals surface area contributed by atoms with Gasteiger partial charge in [0.1, 0.15) is 0 Å². The summed E-state index contributed by atoms with van der Waals surface area (Å²) in [5.74, 6) is 0.602. The third-order valence-corrected chi connectivity index (χ3v) is 4.48. The molecule has 1 aromatic heterocycles. The van der Waals surface area contributed by atoms with Crippen LogP contribution in [0, 0.1) is 12.8 Å². The van der Waals surface area contributed by atoms with E-state index in [-0.39, 0.29) is 11.2 Å². The molecule has 0 saturated carbocycles. The highest BCUT2D eigenvalue weighted by Gasteiger charge is 2.20. The Bertz CT molecular complexity index is 566. The first-order valence-corrected chi connectivity index (χ1v) is 8.18. The van der Waals surface area contributed by atoms with Gasteiger partial charge in [0.2, 0.25) is 5.43 Å². The Labute approximate surface area is 133 Å². The third-order valence-electron chi connectivity index (χ3n) is 4.48. The molecule has 0 spiro atoms. The number of rotatable bonds is 5. The highest BCUT2D eigenvalue weighted by molar-refractivity contribution is 5.30. The molecule has 5 heteroatoms. The van der Waals surface area contributed by atoms with E-state index in [9.17, 15) is 9.90 Å². The van der Waals surface area contributed by atoms with Crippen molar-refractivity contribution in [3.8, 4) is 5.75 Å².